The predicted molar refractivity (Wildman–Crippen MR) is 122 cm³/mol. The minimum absolute atomic E-state index is 0.201. The van der Waals surface area contributed by atoms with Crippen molar-refractivity contribution in [2.75, 3.05) is 6.79 Å². The molecule has 0 aliphatic carbocycles. The lowest BCUT2D eigenvalue weighted by molar-refractivity contribution is 0.174. The van der Waals surface area contributed by atoms with E-state index in [1.165, 1.54) is 6.07 Å². The first-order chi connectivity index (χ1) is 15.0. The zero-order chi connectivity index (χ0) is 21.5. The van der Waals surface area contributed by atoms with E-state index in [-0.39, 0.29) is 24.4 Å². The second-order valence-electron chi connectivity index (χ2n) is 7.35. The van der Waals surface area contributed by atoms with E-state index in [1.807, 2.05) is 24.3 Å². The summed E-state index contributed by atoms with van der Waals surface area (Å²) < 4.78 is 26.0. The van der Waals surface area contributed by atoms with Crippen LogP contribution in [0.2, 0.25) is 0 Å². The number of benzene rings is 3. The van der Waals surface area contributed by atoms with E-state index in [4.69, 9.17) is 14.5 Å². The average Bonchev–Trinajstić information content (AvgIpc) is 3.25. The van der Waals surface area contributed by atoms with Gasteiger partial charge in [0.2, 0.25) is 6.79 Å². The largest absolute Gasteiger partial charge is 0.508 e. The molecule has 3 aromatic rings. The number of phenols is 1. The molecule has 3 aromatic carbocycles. The van der Waals surface area contributed by atoms with E-state index in [2.05, 4.69) is 37.2 Å². The van der Waals surface area contributed by atoms with Crippen molar-refractivity contribution >= 4 is 37.6 Å². The molecule has 31 heavy (non-hydrogen) atoms. The Kier molecular flexibility index (Phi) is 5.45. The summed E-state index contributed by atoms with van der Waals surface area (Å²) in [4.78, 5) is 4.92. The zero-order valence-electron chi connectivity index (χ0n) is 16.1. The summed E-state index contributed by atoms with van der Waals surface area (Å²) in [6.07, 6.45) is 0.136. The summed E-state index contributed by atoms with van der Waals surface area (Å²) in [6, 6.07) is 15.7. The number of ether oxygens (including phenoxy) is 2. The molecule has 5 nitrogen and oxygen atoms in total. The number of nitrogens with zero attached hydrogens (tertiary/aromatic N) is 1. The molecule has 2 heterocycles. The van der Waals surface area contributed by atoms with Gasteiger partial charge >= 0.3 is 0 Å². The molecule has 0 fully saturated rings. The van der Waals surface area contributed by atoms with Gasteiger partial charge in [-0.25, -0.2) is 4.39 Å². The monoisotopic (exact) mass is 546 g/mol. The van der Waals surface area contributed by atoms with Gasteiger partial charge in [-0.15, -0.1) is 0 Å². The summed E-state index contributed by atoms with van der Waals surface area (Å²) in [5, 5.41) is 14.0. The van der Waals surface area contributed by atoms with Gasteiger partial charge in [0, 0.05) is 28.2 Å². The van der Waals surface area contributed by atoms with Crippen molar-refractivity contribution in [1.82, 2.24) is 5.32 Å². The lowest BCUT2D eigenvalue weighted by Crippen LogP contribution is -2.33. The van der Waals surface area contributed by atoms with Gasteiger partial charge in [-0.3, -0.25) is 10.3 Å². The molecule has 2 atom stereocenters. The zero-order valence-corrected chi connectivity index (χ0v) is 19.3. The van der Waals surface area contributed by atoms with Gasteiger partial charge in [-0.2, -0.15) is 0 Å². The SMILES string of the molecule is Oc1ccc(Br)cc1[C@H]1CC(c2ccc3c(c2)OCO3)=N[C@H](c2ccc(F)c(Br)c2)N1. The Labute approximate surface area is 195 Å². The van der Waals surface area contributed by atoms with Crippen molar-refractivity contribution < 1.29 is 19.0 Å². The maximum Gasteiger partial charge on any atom is 0.231 e. The highest BCUT2D eigenvalue weighted by Crippen LogP contribution is 2.38. The van der Waals surface area contributed by atoms with Gasteiger partial charge in [0.05, 0.1) is 4.47 Å². The number of aromatic hydroxyl groups is 1. The van der Waals surface area contributed by atoms with Gasteiger partial charge in [-0.1, -0.05) is 22.0 Å². The fourth-order valence-corrected chi connectivity index (χ4v) is 4.59. The smallest absolute Gasteiger partial charge is 0.231 e. The number of hydrogen-bond acceptors (Lipinski definition) is 5. The van der Waals surface area contributed by atoms with Gasteiger partial charge in [0.1, 0.15) is 17.7 Å². The van der Waals surface area contributed by atoms with Crippen LogP contribution in [-0.2, 0) is 0 Å². The number of rotatable bonds is 3. The van der Waals surface area contributed by atoms with Crippen LogP contribution in [0, 0.1) is 5.82 Å². The van der Waals surface area contributed by atoms with Crippen LogP contribution in [0.15, 0.2) is 68.5 Å². The molecule has 2 N–H and O–H groups in total. The molecule has 0 spiro atoms. The van der Waals surface area contributed by atoms with Crippen molar-refractivity contribution in [2.45, 2.75) is 18.6 Å². The molecule has 0 saturated carbocycles. The maximum absolute atomic E-state index is 13.8. The third-order valence-corrected chi connectivity index (χ3v) is 6.47. The van der Waals surface area contributed by atoms with Crippen LogP contribution >= 0.6 is 31.9 Å². The first-order valence-electron chi connectivity index (χ1n) is 9.64. The molecule has 8 heteroatoms. The van der Waals surface area contributed by atoms with Crippen LogP contribution in [0.5, 0.6) is 17.2 Å². The predicted octanol–water partition coefficient (Wildman–Crippen LogP) is 6.01. The molecule has 5 rings (SSSR count). The van der Waals surface area contributed by atoms with E-state index >= 15 is 0 Å². The summed E-state index contributed by atoms with van der Waals surface area (Å²) in [5.74, 6) is 1.26. The highest BCUT2D eigenvalue weighted by atomic mass is 79.9. The third-order valence-electron chi connectivity index (χ3n) is 5.37. The number of aliphatic imine (C=N–C) groups is 1. The Hall–Kier alpha value is -2.42. The molecule has 0 radical (unpaired) electrons. The van der Waals surface area contributed by atoms with Crippen molar-refractivity contribution in [3.8, 4) is 17.2 Å². The first-order valence-corrected chi connectivity index (χ1v) is 11.2. The molecular formula is C23H17Br2FN2O3. The molecular weight excluding hydrogens is 531 g/mol. The molecule has 0 aromatic heterocycles. The van der Waals surface area contributed by atoms with Crippen LogP contribution in [-0.4, -0.2) is 17.6 Å². The average molecular weight is 548 g/mol. The van der Waals surface area contributed by atoms with Crippen LogP contribution in [0.4, 0.5) is 4.39 Å². The Balaban J connectivity index is 1.58. The fourth-order valence-electron chi connectivity index (χ4n) is 3.81. The number of halogens is 3. The first kappa shape index (κ1) is 20.5. The van der Waals surface area contributed by atoms with E-state index in [1.54, 1.807) is 24.3 Å². The molecule has 0 saturated heterocycles. The summed E-state index contributed by atoms with van der Waals surface area (Å²) in [5.41, 5.74) is 3.34. The van der Waals surface area contributed by atoms with Crippen molar-refractivity contribution in [3.05, 3.63) is 86.1 Å². The Morgan fingerprint density at radius 2 is 1.84 bits per heavy atom. The van der Waals surface area contributed by atoms with E-state index in [0.717, 1.165) is 26.9 Å². The lowest BCUT2D eigenvalue weighted by atomic mass is 9.93. The standard InChI is InChI=1S/C23H17Br2FN2O3/c24-14-3-5-20(29)15(9-14)19-10-18(12-2-6-21-22(8-12)31-11-30-21)27-23(28-19)13-1-4-17(26)16(25)7-13/h1-9,19,23,28-29H,10-11H2/t19-,23+/m1/s1. The third kappa shape index (κ3) is 4.07. The quantitative estimate of drug-likeness (QED) is 0.421. The van der Waals surface area contributed by atoms with E-state index < -0.39 is 6.17 Å². The summed E-state index contributed by atoms with van der Waals surface area (Å²) >= 11 is 6.75. The van der Waals surface area contributed by atoms with Gasteiger partial charge in [0.15, 0.2) is 11.5 Å². The van der Waals surface area contributed by atoms with E-state index in [0.29, 0.717) is 22.4 Å². The molecule has 0 bridgehead atoms. The van der Waals surface area contributed by atoms with Gasteiger partial charge < -0.3 is 14.6 Å². The normalized spacial score (nSPS) is 19.9. The van der Waals surface area contributed by atoms with E-state index in [9.17, 15) is 9.50 Å². The summed E-state index contributed by atoms with van der Waals surface area (Å²) in [7, 11) is 0. The molecule has 0 amide bonds. The molecule has 2 aliphatic heterocycles. The van der Waals surface area contributed by atoms with Crippen LogP contribution < -0.4 is 14.8 Å². The van der Waals surface area contributed by atoms with Crippen molar-refractivity contribution in [2.24, 2.45) is 4.99 Å². The Morgan fingerprint density at radius 1 is 1.00 bits per heavy atom. The Bertz CT molecular complexity index is 1200. The van der Waals surface area contributed by atoms with Crippen molar-refractivity contribution in [1.29, 1.82) is 0 Å². The highest BCUT2D eigenvalue weighted by molar-refractivity contribution is 9.10. The number of nitrogens with one attached hydrogen (secondary N) is 1. The second kappa shape index (κ2) is 8.26. The molecule has 2 aliphatic rings. The van der Waals surface area contributed by atoms with Crippen LogP contribution in [0.25, 0.3) is 0 Å². The van der Waals surface area contributed by atoms with Crippen LogP contribution in [0.3, 0.4) is 0 Å². The minimum atomic E-state index is -0.422. The minimum Gasteiger partial charge on any atom is -0.508 e. The van der Waals surface area contributed by atoms with Crippen LogP contribution in [0.1, 0.15) is 35.3 Å². The molecule has 158 valence electrons. The lowest BCUT2D eigenvalue weighted by Gasteiger charge is -2.31. The maximum atomic E-state index is 13.8. The Morgan fingerprint density at radius 3 is 2.68 bits per heavy atom. The van der Waals surface area contributed by atoms with Gasteiger partial charge in [0.25, 0.3) is 0 Å². The molecule has 0 unspecified atom stereocenters. The van der Waals surface area contributed by atoms with Gasteiger partial charge in [-0.05, 0) is 75.6 Å². The topological polar surface area (TPSA) is 63.1 Å². The number of hydrogen-bond donors (Lipinski definition) is 2. The highest BCUT2D eigenvalue weighted by Gasteiger charge is 2.29. The number of phenolic OH excluding ortho intramolecular Hbond substituents is 1. The number of fused-ring (bicyclic) bond motifs is 1. The fraction of sp³-hybridized carbons (Fsp3) is 0.174. The summed E-state index contributed by atoms with van der Waals surface area (Å²) in [6.45, 7) is 0.202. The second-order valence-corrected chi connectivity index (χ2v) is 9.12. The van der Waals surface area contributed by atoms with Crippen molar-refractivity contribution in [3.63, 3.8) is 0 Å².